The lowest BCUT2D eigenvalue weighted by Gasteiger charge is -2.25. The Hall–Kier alpha value is -2.00. The van der Waals surface area contributed by atoms with E-state index in [1.807, 2.05) is 0 Å². The van der Waals surface area contributed by atoms with Gasteiger partial charge in [0.2, 0.25) is 0 Å². The second-order valence-corrected chi connectivity index (χ2v) is 6.42. The first-order chi connectivity index (χ1) is 11.8. The number of methoxy groups -OCH3 is 2. The van der Waals surface area contributed by atoms with Crippen molar-refractivity contribution in [3.8, 4) is 11.5 Å². The average molecular weight is 325 g/mol. The van der Waals surface area contributed by atoms with E-state index in [1.54, 1.807) is 14.2 Å². The number of fused-ring (bicyclic) bond motifs is 1. The highest BCUT2D eigenvalue weighted by Crippen LogP contribution is 2.38. The maximum absolute atomic E-state index is 5.56. The summed E-state index contributed by atoms with van der Waals surface area (Å²) in [4.78, 5) is 2.58. The van der Waals surface area contributed by atoms with Crippen LogP contribution < -0.4 is 9.47 Å². The van der Waals surface area contributed by atoms with Crippen molar-refractivity contribution in [3.05, 3.63) is 59.2 Å². The van der Waals surface area contributed by atoms with Crippen molar-refractivity contribution in [1.29, 1.82) is 0 Å². The van der Waals surface area contributed by atoms with Crippen LogP contribution in [0.4, 0.5) is 0 Å². The van der Waals surface area contributed by atoms with Crippen molar-refractivity contribution in [2.75, 3.05) is 33.9 Å². The second kappa shape index (κ2) is 7.71. The molecule has 3 nitrogen and oxygen atoms in total. The summed E-state index contributed by atoms with van der Waals surface area (Å²) in [6.45, 7) is 5.55. The summed E-state index contributed by atoms with van der Waals surface area (Å²) in [5.74, 6) is 2.02. The maximum atomic E-state index is 5.56. The molecule has 0 aliphatic carbocycles. The topological polar surface area (TPSA) is 21.7 Å². The van der Waals surface area contributed by atoms with Crippen LogP contribution in [0.1, 0.15) is 36.0 Å². The van der Waals surface area contributed by atoms with Gasteiger partial charge in [-0.3, -0.25) is 0 Å². The molecule has 0 spiro atoms. The number of nitrogens with zero attached hydrogens (tertiary/aromatic N) is 1. The number of hydrogen-bond donors (Lipinski definition) is 0. The molecule has 24 heavy (non-hydrogen) atoms. The third-order valence-corrected chi connectivity index (χ3v) is 4.90. The maximum Gasteiger partial charge on any atom is 0.161 e. The minimum atomic E-state index is 0.370. The van der Waals surface area contributed by atoms with Crippen LogP contribution in [0.3, 0.4) is 0 Å². The van der Waals surface area contributed by atoms with E-state index in [1.165, 1.54) is 23.1 Å². The molecule has 1 aliphatic rings. The third kappa shape index (κ3) is 3.41. The van der Waals surface area contributed by atoms with Gasteiger partial charge in [0, 0.05) is 19.0 Å². The van der Waals surface area contributed by atoms with Crippen LogP contribution in [0.15, 0.2) is 42.5 Å². The van der Waals surface area contributed by atoms with Crippen LogP contribution >= 0.6 is 0 Å². The summed E-state index contributed by atoms with van der Waals surface area (Å²) in [5, 5.41) is 0. The summed E-state index contributed by atoms with van der Waals surface area (Å²) in [6, 6.07) is 15.2. The van der Waals surface area contributed by atoms with Crippen LogP contribution in [0.2, 0.25) is 0 Å². The predicted molar refractivity (Wildman–Crippen MR) is 98.3 cm³/mol. The molecule has 0 N–H and O–H groups in total. The first-order valence-corrected chi connectivity index (χ1v) is 8.79. The van der Waals surface area contributed by atoms with E-state index >= 15 is 0 Å². The molecule has 2 aromatic rings. The fourth-order valence-corrected chi connectivity index (χ4v) is 3.69. The number of hydrogen-bond acceptors (Lipinski definition) is 3. The van der Waals surface area contributed by atoms with Crippen molar-refractivity contribution >= 4 is 0 Å². The Morgan fingerprint density at radius 2 is 1.75 bits per heavy atom. The summed E-state index contributed by atoms with van der Waals surface area (Å²) in [6.07, 6.45) is 2.24. The van der Waals surface area contributed by atoms with Crippen molar-refractivity contribution in [2.45, 2.75) is 25.7 Å². The highest BCUT2D eigenvalue weighted by atomic mass is 16.5. The van der Waals surface area contributed by atoms with Gasteiger partial charge in [-0.1, -0.05) is 37.3 Å². The lowest BCUT2D eigenvalue weighted by atomic mass is 9.87. The standard InChI is InChI=1S/C21H27NO2/c1-4-11-22-12-10-17-13-20(23-2)21(24-3)14-18(17)19(15-22)16-8-6-5-7-9-16/h5-9,13-14,19H,4,10-12,15H2,1-3H3. The van der Waals surface area contributed by atoms with Crippen molar-refractivity contribution in [1.82, 2.24) is 4.90 Å². The quantitative estimate of drug-likeness (QED) is 0.826. The molecule has 0 amide bonds. The van der Waals surface area contributed by atoms with Gasteiger partial charge in [0.25, 0.3) is 0 Å². The molecule has 0 saturated carbocycles. The van der Waals surface area contributed by atoms with Crippen molar-refractivity contribution in [3.63, 3.8) is 0 Å². The monoisotopic (exact) mass is 325 g/mol. The zero-order valence-electron chi connectivity index (χ0n) is 14.9. The summed E-state index contributed by atoms with van der Waals surface area (Å²) in [7, 11) is 3.42. The highest BCUT2D eigenvalue weighted by Gasteiger charge is 2.26. The lowest BCUT2D eigenvalue weighted by molar-refractivity contribution is 0.277. The number of rotatable bonds is 5. The Labute approximate surface area is 145 Å². The predicted octanol–water partition coefficient (Wildman–Crippen LogP) is 4.10. The van der Waals surface area contributed by atoms with Crippen LogP contribution in [0.5, 0.6) is 11.5 Å². The summed E-state index contributed by atoms with van der Waals surface area (Å²) in [5.41, 5.74) is 4.12. The van der Waals surface area contributed by atoms with E-state index in [2.05, 4.69) is 54.3 Å². The molecule has 0 fully saturated rings. The van der Waals surface area contributed by atoms with Crippen LogP contribution in [0.25, 0.3) is 0 Å². The largest absolute Gasteiger partial charge is 0.493 e. The molecule has 1 heterocycles. The van der Waals surface area contributed by atoms with Gasteiger partial charge in [0.1, 0.15) is 0 Å². The van der Waals surface area contributed by atoms with E-state index in [0.29, 0.717) is 5.92 Å². The molecule has 0 saturated heterocycles. The number of ether oxygens (including phenoxy) is 2. The van der Waals surface area contributed by atoms with E-state index < -0.39 is 0 Å². The Morgan fingerprint density at radius 1 is 1.04 bits per heavy atom. The molecule has 1 unspecified atom stereocenters. The Morgan fingerprint density at radius 3 is 2.42 bits per heavy atom. The van der Waals surface area contributed by atoms with Gasteiger partial charge >= 0.3 is 0 Å². The molecule has 2 aromatic carbocycles. The fourth-order valence-electron chi connectivity index (χ4n) is 3.69. The van der Waals surface area contributed by atoms with Gasteiger partial charge in [0.05, 0.1) is 14.2 Å². The number of benzene rings is 2. The fraction of sp³-hybridized carbons (Fsp3) is 0.429. The van der Waals surface area contributed by atoms with Gasteiger partial charge in [-0.2, -0.15) is 0 Å². The van der Waals surface area contributed by atoms with E-state index in [-0.39, 0.29) is 0 Å². The summed E-state index contributed by atoms with van der Waals surface area (Å²) < 4.78 is 11.1. The molecule has 3 heteroatoms. The minimum Gasteiger partial charge on any atom is -0.493 e. The molecule has 3 rings (SSSR count). The second-order valence-electron chi connectivity index (χ2n) is 6.42. The molecular formula is C21H27NO2. The molecule has 0 radical (unpaired) electrons. The van der Waals surface area contributed by atoms with Crippen molar-refractivity contribution in [2.24, 2.45) is 0 Å². The molecular weight excluding hydrogens is 298 g/mol. The zero-order chi connectivity index (χ0) is 16.9. The van der Waals surface area contributed by atoms with Gasteiger partial charge in [-0.25, -0.2) is 0 Å². The summed E-state index contributed by atoms with van der Waals surface area (Å²) >= 11 is 0. The van der Waals surface area contributed by atoms with Gasteiger partial charge in [-0.05, 0) is 48.2 Å². The van der Waals surface area contributed by atoms with E-state index in [0.717, 1.165) is 37.6 Å². The van der Waals surface area contributed by atoms with Crippen LogP contribution in [-0.4, -0.2) is 38.8 Å². The SMILES string of the molecule is CCCN1CCc2cc(OC)c(OC)cc2C(c2ccccc2)C1. The van der Waals surface area contributed by atoms with Crippen molar-refractivity contribution < 1.29 is 9.47 Å². The van der Waals surface area contributed by atoms with Gasteiger partial charge in [-0.15, -0.1) is 0 Å². The Bertz CT molecular complexity index is 669. The van der Waals surface area contributed by atoms with Crippen LogP contribution in [0, 0.1) is 0 Å². The molecule has 0 aromatic heterocycles. The lowest BCUT2D eigenvalue weighted by Crippen LogP contribution is -2.29. The molecule has 1 atom stereocenters. The molecule has 0 bridgehead atoms. The van der Waals surface area contributed by atoms with Gasteiger partial charge in [0.15, 0.2) is 11.5 Å². The average Bonchev–Trinajstić information content (AvgIpc) is 2.81. The van der Waals surface area contributed by atoms with Gasteiger partial charge < -0.3 is 14.4 Å². The normalized spacial score (nSPS) is 17.9. The first kappa shape index (κ1) is 16.8. The molecule has 128 valence electrons. The Kier molecular flexibility index (Phi) is 5.41. The zero-order valence-corrected chi connectivity index (χ0v) is 14.9. The van der Waals surface area contributed by atoms with E-state index in [9.17, 15) is 0 Å². The smallest absolute Gasteiger partial charge is 0.161 e. The highest BCUT2D eigenvalue weighted by molar-refractivity contribution is 5.51. The van der Waals surface area contributed by atoms with Crippen LogP contribution in [-0.2, 0) is 6.42 Å². The first-order valence-electron chi connectivity index (χ1n) is 8.79. The minimum absolute atomic E-state index is 0.370. The van der Waals surface area contributed by atoms with E-state index in [4.69, 9.17) is 9.47 Å². The Balaban J connectivity index is 2.07. The third-order valence-electron chi connectivity index (χ3n) is 4.90. The molecule has 1 aliphatic heterocycles.